The molecule has 1 N–H and O–H groups in total. The van der Waals surface area contributed by atoms with Crippen molar-refractivity contribution in [2.24, 2.45) is 11.0 Å². The van der Waals surface area contributed by atoms with Crippen molar-refractivity contribution in [3.05, 3.63) is 47.0 Å². The van der Waals surface area contributed by atoms with E-state index in [1.54, 1.807) is 5.38 Å². The van der Waals surface area contributed by atoms with Gasteiger partial charge in [-0.25, -0.2) is 14.8 Å². The maximum atomic E-state index is 12.3. The SMILES string of the molecule is CC(C)CCNc1nc(C(=O)OCC(=O)N2CCC(c3ccccc3)=N2)cs1. The monoisotopic (exact) mass is 400 g/mol. The van der Waals surface area contributed by atoms with E-state index in [9.17, 15) is 9.59 Å². The minimum absolute atomic E-state index is 0.208. The van der Waals surface area contributed by atoms with Crippen molar-refractivity contribution in [2.75, 3.05) is 25.0 Å². The average molecular weight is 401 g/mol. The number of ether oxygens (including phenoxy) is 1. The van der Waals surface area contributed by atoms with Crippen molar-refractivity contribution in [1.29, 1.82) is 0 Å². The zero-order chi connectivity index (χ0) is 19.9. The van der Waals surface area contributed by atoms with Crippen molar-refractivity contribution in [1.82, 2.24) is 9.99 Å². The lowest BCUT2D eigenvalue weighted by atomic mass is 10.1. The van der Waals surface area contributed by atoms with E-state index in [2.05, 4.69) is 29.2 Å². The van der Waals surface area contributed by atoms with Gasteiger partial charge in [0.1, 0.15) is 0 Å². The Morgan fingerprint density at radius 3 is 2.82 bits per heavy atom. The highest BCUT2D eigenvalue weighted by Crippen LogP contribution is 2.17. The molecule has 1 aliphatic heterocycles. The fourth-order valence-corrected chi connectivity index (χ4v) is 3.37. The number of hydrogen-bond donors (Lipinski definition) is 1. The lowest BCUT2D eigenvalue weighted by Crippen LogP contribution is -2.28. The van der Waals surface area contributed by atoms with Gasteiger partial charge in [-0.05, 0) is 17.9 Å². The van der Waals surface area contributed by atoms with Crippen molar-refractivity contribution < 1.29 is 14.3 Å². The summed E-state index contributed by atoms with van der Waals surface area (Å²) < 4.78 is 5.12. The fourth-order valence-electron chi connectivity index (χ4n) is 2.66. The Morgan fingerprint density at radius 1 is 1.29 bits per heavy atom. The van der Waals surface area contributed by atoms with Gasteiger partial charge < -0.3 is 10.1 Å². The Morgan fingerprint density at radius 2 is 2.07 bits per heavy atom. The molecule has 2 heterocycles. The summed E-state index contributed by atoms with van der Waals surface area (Å²) in [5.41, 5.74) is 2.06. The van der Waals surface area contributed by atoms with Gasteiger partial charge in [0.2, 0.25) is 0 Å². The lowest BCUT2D eigenvalue weighted by molar-refractivity contribution is -0.134. The molecule has 0 radical (unpaired) electrons. The molecule has 7 nitrogen and oxygen atoms in total. The van der Waals surface area contributed by atoms with E-state index in [-0.39, 0.29) is 18.2 Å². The molecule has 0 spiro atoms. The minimum Gasteiger partial charge on any atom is -0.451 e. The highest BCUT2D eigenvalue weighted by molar-refractivity contribution is 7.13. The van der Waals surface area contributed by atoms with Crippen LogP contribution in [0.15, 0.2) is 40.8 Å². The van der Waals surface area contributed by atoms with Crippen molar-refractivity contribution in [3.8, 4) is 0 Å². The number of esters is 1. The predicted octanol–water partition coefficient (Wildman–Crippen LogP) is 3.39. The van der Waals surface area contributed by atoms with Crippen molar-refractivity contribution in [2.45, 2.75) is 26.7 Å². The Labute approximate surface area is 168 Å². The Hall–Kier alpha value is -2.74. The van der Waals surface area contributed by atoms with Crippen LogP contribution >= 0.6 is 11.3 Å². The third-order valence-electron chi connectivity index (χ3n) is 4.23. The van der Waals surface area contributed by atoms with E-state index < -0.39 is 5.97 Å². The number of thiazole rings is 1. The van der Waals surface area contributed by atoms with Crippen molar-refractivity contribution in [3.63, 3.8) is 0 Å². The van der Waals surface area contributed by atoms with Crippen LogP contribution in [0.2, 0.25) is 0 Å². The van der Waals surface area contributed by atoms with Gasteiger partial charge in [-0.1, -0.05) is 44.2 Å². The van der Waals surface area contributed by atoms with Crippen LogP contribution in [-0.2, 0) is 9.53 Å². The van der Waals surface area contributed by atoms with Gasteiger partial charge in [-0.2, -0.15) is 5.10 Å². The predicted molar refractivity (Wildman–Crippen MR) is 110 cm³/mol. The Kier molecular flexibility index (Phi) is 6.76. The first-order valence-electron chi connectivity index (χ1n) is 9.32. The summed E-state index contributed by atoms with van der Waals surface area (Å²) in [6, 6.07) is 9.72. The summed E-state index contributed by atoms with van der Waals surface area (Å²) >= 11 is 1.35. The third-order valence-corrected chi connectivity index (χ3v) is 5.03. The van der Waals surface area contributed by atoms with Crippen LogP contribution < -0.4 is 5.32 Å². The number of hydrogen-bond acceptors (Lipinski definition) is 7. The number of amides is 1. The molecule has 1 aromatic carbocycles. The molecule has 3 rings (SSSR count). The number of anilines is 1. The second kappa shape index (κ2) is 9.45. The number of nitrogens with one attached hydrogen (secondary N) is 1. The lowest BCUT2D eigenvalue weighted by Gasteiger charge is -2.11. The first-order valence-corrected chi connectivity index (χ1v) is 10.2. The van der Waals surface area contributed by atoms with Gasteiger partial charge in [-0.15, -0.1) is 11.3 Å². The van der Waals surface area contributed by atoms with Crippen LogP contribution in [0.5, 0.6) is 0 Å². The number of hydrazone groups is 1. The first kappa shape index (κ1) is 20.0. The number of nitrogens with zero attached hydrogens (tertiary/aromatic N) is 3. The molecule has 0 fully saturated rings. The Balaban J connectivity index is 1.48. The summed E-state index contributed by atoms with van der Waals surface area (Å²) in [6.07, 6.45) is 1.70. The normalized spacial score (nSPS) is 13.5. The zero-order valence-corrected chi connectivity index (χ0v) is 16.9. The summed E-state index contributed by atoms with van der Waals surface area (Å²) in [7, 11) is 0. The largest absolute Gasteiger partial charge is 0.451 e. The van der Waals surface area contributed by atoms with Crippen LogP contribution in [0.1, 0.15) is 42.7 Å². The van der Waals surface area contributed by atoms with Gasteiger partial charge in [-0.3, -0.25) is 4.79 Å². The molecule has 28 heavy (non-hydrogen) atoms. The van der Waals surface area contributed by atoms with E-state index >= 15 is 0 Å². The van der Waals surface area contributed by atoms with E-state index in [0.29, 0.717) is 24.0 Å². The molecule has 0 saturated carbocycles. The molecule has 0 aliphatic carbocycles. The number of carbonyl (C=O) groups is 2. The molecular weight excluding hydrogens is 376 g/mol. The smallest absolute Gasteiger partial charge is 0.358 e. The van der Waals surface area contributed by atoms with Crippen LogP contribution in [0.3, 0.4) is 0 Å². The molecule has 148 valence electrons. The first-order chi connectivity index (χ1) is 13.5. The molecule has 0 atom stereocenters. The molecular formula is C20H24N4O3S. The molecule has 1 aliphatic rings. The van der Waals surface area contributed by atoms with Gasteiger partial charge >= 0.3 is 5.97 Å². The van der Waals surface area contributed by atoms with E-state index in [1.807, 2.05) is 30.3 Å². The van der Waals surface area contributed by atoms with Gasteiger partial charge in [0.15, 0.2) is 17.4 Å². The van der Waals surface area contributed by atoms with Crippen LogP contribution in [-0.4, -0.2) is 47.3 Å². The number of benzene rings is 1. The third kappa shape index (κ3) is 5.39. The summed E-state index contributed by atoms with van der Waals surface area (Å²) in [5, 5.41) is 11.2. The number of rotatable bonds is 8. The fraction of sp³-hybridized carbons (Fsp3) is 0.400. The maximum Gasteiger partial charge on any atom is 0.358 e. The standard InChI is InChI=1S/C20H24N4O3S/c1-14(2)8-10-21-20-22-17(13-28-20)19(26)27-12-18(25)24-11-9-16(23-24)15-6-4-3-5-7-15/h3-7,13-14H,8-12H2,1-2H3,(H,21,22). The molecule has 0 bridgehead atoms. The van der Waals surface area contributed by atoms with Crippen LogP contribution in [0.4, 0.5) is 5.13 Å². The molecule has 8 heteroatoms. The maximum absolute atomic E-state index is 12.3. The van der Waals surface area contributed by atoms with E-state index in [1.165, 1.54) is 16.3 Å². The van der Waals surface area contributed by atoms with E-state index in [0.717, 1.165) is 24.2 Å². The second-order valence-electron chi connectivity index (χ2n) is 6.90. The summed E-state index contributed by atoms with van der Waals surface area (Å²) in [5.74, 6) is -0.351. The van der Waals surface area contributed by atoms with Gasteiger partial charge in [0, 0.05) is 18.3 Å². The second-order valence-corrected chi connectivity index (χ2v) is 7.76. The van der Waals surface area contributed by atoms with Gasteiger partial charge in [0.25, 0.3) is 5.91 Å². The number of aromatic nitrogens is 1. The molecule has 1 aromatic heterocycles. The molecule has 0 unspecified atom stereocenters. The van der Waals surface area contributed by atoms with Crippen LogP contribution in [0.25, 0.3) is 0 Å². The van der Waals surface area contributed by atoms with Crippen LogP contribution in [0, 0.1) is 5.92 Å². The summed E-state index contributed by atoms with van der Waals surface area (Å²) in [4.78, 5) is 28.6. The average Bonchev–Trinajstić information content (AvgIpc) is 3.36. The van der Waals surface area contributed by atoms with Crippen molar-refractivity contribution >= 4 is 34.1 Å². The Bertz CT molecular complexity index is 848. The molecule has 1 amide bonds. The quantitative estimate of drug-likeness (QED) is 0.687. The summed E-state index contributed by atoms with van der Waals surface area (Å²) in [6.45, 7) is 5.24. The highest BCUT2D eigenvalue weighted by Gasteiger charge is 2.23. The van der Waals surface area contributed by atoms with Gasteiger partial charge in [0.05, 0.1) is 12.3 Å². The minimum atomic E-state index is -0.604. The zero-order valence-electron chi connectivity index (χ0n) is 16.1. The molecule has 0 saturated heterocycles. The highest BCUT2D eigenvalue weighted by atomic mass is 32.1. The molecule has 2 aromatic rings. The number of carbonyl (C=O) groups excluding carboxylic acids is 2. The topological polar surface area (TPSA) is 83.9 Å². The van der Waals surface area contributed by atoms with E-state index in [4.69, 9.17) is 4.74 Å².